The smallest absolute Gasteiger partial charge is 0.295 e. The second-order valence-corrected chi connectivity index (χ2v) is 8.06. The van der Waals surface area contributed by atoms with Crippen LogP contribution in [0.15, 0.2) is 48.0 Å². The van der Waals surface area contributed by atoms with Crippen molar-refractivity contribution in [1.82, 2.24) is 4.90 Å². The van der Waals surface area contributed by atoms with Gasteiger partial charge < -0.3 is 15.1 Å². The minimum absolute atomic E-state index is 0.0392. The number of aliphatic hydroxyl groups excluding tert-OH is 1. The number of aliphatic hydroxyl groups is 1. The lowest BCUT2D eigenvalue weighted by molar-refractivity contribution is -0.141. The first-order valence-electron chi connectivity index (χ1n) is 10.0. The third-order valence-electron chi connectivity index (χ3n) is 6.03. The standard InChI is InChI=1S/C24H25NO4/c1-14-10-11-15(2)19(12-14)22(27)20-21(16-6-5-9-18(26)13-16)25(24(29)23(20)28)17-7-3-4-8-17/h5-6,9-13,17,21,26-27H,3-4,7-8H2,1-2H3/b22-20+. The SMILES string of the molecule is Cc1ccc(C)c(/C(O)=C2\C(=O)C(=O)N(C3CCCC3)C2c2cccc(O)c2)c1. The van der Waals surface area contributed by atoms with Crippen LogP contribution >= 0.6 is 0 Å². The highest BCUT2D eigenvalue weighted by molar-refractivity contribution is 6.46. The van der Waals surface area contributed by atoms with Crippen molar-refractivity contribution in [2.75, 3.05) is 0 Å². The fourth-order valence-electron chi connectivity index (χ4n) is 4.57. The minimum atomic E-state index is -0.704. The molecular formula is C24H25NO4. The van der Waals surface area contributed by atoms with Gasteiger partial charge in [0, 0.05) is 11.6 Å². The van der Waals surface area contributed by atoms with Gasteiger partial charge >= 0.3 is 0 Å². The van der Waals surface area contributed by atoms with Gasteiger partial charge in [-0.3, -0.25) is 9.59 Å². The first-order chi connectivity index (χ1) is 13.9. The molecule has 0 radical (unpaired) electrons. The van der Waals surface area contributed by atoms with Crippen LogP contribution in [0.4, 0.5) is 0 Å². The number of aromatic hydroxyl groups is 1. The normalized spacial score (nSPS) is 21.9. The molecule has 2 aromatic carbocycles. The highest BCUT2D eigenvalue weighted by Gasteiger charge is 2.49. The molecule has 0 aromatic heterocycles. The fourth-order valence-corrected chi connectivity index (χ4v) is 4.57. The average molecular weight is 391 g/mol. The van der Waals surface area contributed by atoms with Crippen LogP contribution in [0.2, 0.25) is 0 Å². The Morgan fingerprint density at radius 1 is 1.03 bits per heavy atom. The number of phenolic OH excluding ortho intramolecular Hbond substituents is 1. The summed E-state index contributed by atoms with van der Waals surface area (Å²) in [7, 11) is 0. The van der Waals surface area contributed by atoms with E-state index in [9.17, 15) is 19.8 Å². The second kappa shape index (κ2) is 7.39. The Morgan fingerprint density at radius 3 is 2.45 bits per heavy atom. The third kappa shape index (κ3) is 3.31. The zero-order chi connectivity index (χ0) is 20.7. The number of benzene rings is 2. The molecule has 2 N–H and O–H groups in total. The van der Waals surface area contributed by atoms with Gasteiger partial charge in [-0.15, -0.1) is 0 Å². The molecule has 1 amide bonds. The summed E-state index contributed by atoms with van der Waals surface area (Å²) in [5.41, 5.74) is 3.06. The van der Waals surface area contributed by atoms with Crippen LogP contribution < -0.4 is 0 Å². The molecule has 1 aliphatic heterocycles. The maximum Gasteiger partial charge on any atom is 0.295 e. The summed E-state index contributed by atoms with van der Waals surface area (Å²) in [4.78, 5) is 27.7. The molecule has 1 unspecified atom stereocenters. The highest BCUT2D eigenvalue weighted by Crippen LogP contribution is 2.44. The Hall–Kier alpha value is -3.08. The van der Waals surface area contributed by atoms with Gasteiger partial charge in [0.1, 0.15) is 11.5 Å². The zero-order valence-corrected chi connectivity index (χ0v) is 16.7. The number of carbonyl (C=O) groups excluding carboxylic acids is 2. The molecule has 1 saturated carbocycles. The molecule has 2 aromatic rings. The quantitative estimate of drug-likeness (QED) is 0.463. The van der Waals surface area contributed by atoms with Crippen molar-refractivity contribution in [3.05, 3.63) is 70.3 Å². The van der Waals surface area contributed by atoms with Crippen LogP contribution in [0.3, 0.4) is 0 Å². The molecule has 1 atom stereocenters. The number of ketones is 1. The summed E-state index contributed by atoms with van der Waals surface area (Å²) in [5, 5.41) is 21.2. The van der Waals surface area contributed by atoms with Crippen molar-refractivity contribution in [3.8, 4) is 5.75 Å². The number of nitrogens with zero attached hydrogens (tertiary/aromatic N) is 1. The summed E-state index contributed by atoms with van der Waals surface area (Å²) < 4.78 is 0. The molecule has 0 spiro atoms. The second-order valence-electron chi connectivity index (χ2n) is 8.06. The maximum atomic E-state index is 13.1. The van der Waals surface area contributed by atoms with Gasteiger partial charge in [-0.2, -0.15) is 0 Å². The van der Waals surface area contributed by atoms with Crippen LogP contribution in [0.1, 0.15) is 54.0 Å². The Balaban J connectivity index is 1.93. The van der Waals surface area contributed by atoms with Crippen LogP contribution in [0.25, 0.3) is 5.76 Å². The van der Waals surface area contributed by atoms with Gasteiger partial charge in [0.25, 0.3) is 11.7 Å². The van der Waals surface area contributed by atoms with Crippen molar-refractivity contribution in [2.24, 2.45) is 0 Å². The predicted molar refractivity (Wildman–Crippen MR) is 110 cm³/mol. The van der Waals surface area contributed by atoms with Crippen LogP contribution in [0, 0.1) is 13.8 Å². The molecule has 2 aliphatic rings. The van der Waals surface area contributed by atoms with E-state index >= 15 is 0 Å². The molecule has 2 fully saturated rings. The van der Waals surface area contributed by atoms with Crippen molar-refractivity contribution < 1.29 is 19.8 Å². The maximum absolute atomic E-state index is 13.1. The van der Waals surface area contributed by atoms with E-state index in [1.165, 1.54) is 0 Å². The first-order valence-corrected chi connectivity index (χ1v) is 10.0. The number of hydrogen-bond acceptors (Lipinski definition) is 4. The summed E-state index contributed by atoms with van der Waals surface area (Å²) in [6.45, 7) is 3.78. The van der Waals surface area contributed by atoms with E-state index in [-0.39, 0.29) is 23.1 Å². The Bertz CT molecular complexity index is 1020. The lowest BCUT2D eigenvalue weighted by atomic mass is 9.92. The van der Waals surface area contributed by atoms with E-state index in [2.05, 4.69) is 0 Å². The third-order valence-corrected chi connectivity index (χ3v) is 6.03. The summed E-state index contributed by atoms with van der Waals surface area (Å²) in [6.07, 6.45) is 3.70. The van der Waals surface area contributed by atoms with Gasteiger partial charge in [-0.25, -0.2) is 0 Å². The van der Waals surface area contributed by atoms with Gasteiger partial charge in [-0.05, 0) is 56.0 Å². The fraction of sp³-hybridized carbons (Fsp3) is 0.333. The molecule has 1 saturated heterocycles. The van der Waals surface area contributed by atoms with E-state index in [1.54, 1.807) is 29.2 Å². The van der Waals surface area contributed by atoms with Gasteiger partial charge in [-0.1, -0.05) is 42.7 Å². The van der Waals surface area contributed by atoms with Crippen molar-refractivity contribution in [3.63, 3.8) is 0 Å². The zero-order valence-electron chi connectivity index (χ0n) is 16.7. The van der Waals surface area contributed by atoms with Crippen LogP contribution in [0.5, 0.6) is 5.75 Å². The lowest BCUT2D eigenvalue weighted by Gasteiger charge is -2.30. The summed E-state index contributed by atoms with van der Waals surface area (Å²) >= 11 is 0. The number of carbonyl (C=O) groups is 2. The largest absolute Gasteiger partial charge is 0.508 e. The molecule has 5 nitrogen and oxygen atoms in total. The van der Waals surface area contributed by atoms with E-state index in [0.29, 0.717) is 11.1 Å². The molecule has 1 aliphatic carbocycles. The average Bonchev–Trinajstić information content (AvgIpc) is 3.30. The van der Waals surface area contributed by atoms with Gasteiger partial charge in [0.15, 0.2) is 0 Å². The number of rotatable bonds is 3. The topological polar surface area (TPSA) is 77.8 Å². The van der Waals surface area contributed by atoms with E-state index in [1.807, 2.05) is 32.0 Å². The Morgan fingerprint density at radius 2 is 1.76 bits per heavy atom. The van der Waals surface area contributed by atoms with Crippen molar-refractivity contribution >= 4 is 17.4 Å². The van der Waals surface area contributed by atoms with E-state index < -0.39 is 17.7 Å². The number of phenols is 1. The Kier molecular flexibility index (Phi) is 4.91. The van der Waals surface area contributed by atoms with E-state index in [0.717, 1.165) is 36.8 Å². The summed E-state index contributed by atoms with van der Waals surface area (Å²) in [5.74, 6) is -1.33. The van der Waals surface area contributed by atoms with Crippen molar-refractivity contribution in [1.29, 1.82) is 0 Å². The number of aryl methyl sites for hydroxylation is 2. The molecule has 0 bridgehead atoms. The predicted octanol–water partition coefficient (Wildman–Crippen LogP) is 4.37. The molecule has 5 heteroatoms. The van der Waals surface area contributed by atoms with Crippen LogP contribution in [-0.2, 0) is 9.59 Å². The molecule has 29 heavy (non-hydrogen) atoms. The van der Waals surface area contributed by atoms with Gasteiger partial charge in [0.05, 0.1) is 11.6 Å². The summed E-state index contributed by atoms with van der Waals surface area (Å²) in [6, 6.07) is 11.5. The molecular weight excluding hydrogens is 366 g/mol. The number of likely N-dealkylation sites (tertiary alicyclic amines) is 1. The number of amides is 1. The lowest BCUT2D eigenvalue weighted by Crippen LogP contribution is -2.37. The van der Waals surface area contributed by atoms with E-state index in [4.69, 9.17) is 0 Å². The highest BCUT2D eigenvalue weighted by atomic mass is 16.3. The molecule has 1 heterocycles. The number of hydrogen-bond donors (Lipinski definition) is 2. The first kappa shape index (κ1) is 19.2. The van der Waals surface area contributed by atoms with Crippen molar-refractivity contribution in [2.45, 2.75) is 51.6 Å². The minimum Gasteiger partial charge on any atom is -0.508 e. The number of Topliss-reactive ketones (excluding diaryl/α,β-unsaturated/α-hetero) is 1. The van der Waals surface area contributed by atoms with Gasteiger partial charge in [0.2, 0.25) is 0 Å². The molecule has 4 rings (SSSR count). The Labute approximate surface area is 170 Å². The van der Waals surface area contributed by atoms with Crippen LogP contribution in [-0.4, -0.2) is 32.8 Å². The monoisotopic (exact) mass is 391 g/mol. The molecule has 150 valence electrons.